The average molecular weight is 516 g/mol. The van der Waals surface area contributed by atoms with Crippen molar-refractivity contribution in [3.63, 3.8) is 0 Å². The molecule has 4 rings (SSSR count). The normalized spacial score (nSPS) is 14.8. The quantitative estimate of drug-likeness (QED) is 0.381. The van der Waals surface area contributed by atoms with Gasteiger partial charge in [-0.2, -0.15) is 0 Å². The van der Waals surface area contributed by atoms with Crippen molar-refractivity contribution in [1.82, 2.24) is 15.3 Å². The van der Waals surface area contributed by atoms with Crippen molar-refractivity contribution < 1.29 is 18.7 Å². The maximum atomic E-state index is 14.4. The molecule has 0 saturated heterocycles. The highest BCUT2D eigenvalue weighted by Crippen LogP contribution is 2.37. The van der Waals surface area contributed by atoms with Gasteiger partial charge in [0.25, 0.3) is 0 Å². The Balaban J connectivity index is 0.00000176. The maximum absolute atomic E-state index is 14.4. The summed E-state index contributed by atoms with van der Waals surface area (Å²) in [6, 6.07) is 8.22. The standard InChI is InChI=1S/C24H25ClFN5O3.C2H6/c1-33-20-12-19-16(23(30-13-29-19)31-18-4-2-3-17(25)22(18)26)11-21(20)34-15-7-5-14(6-8-15)24(32)28-10-9-27;1-2/h2-5,11-13,15H,6-10,27H2,1H3,(H,28,32)(H,29,30,31);1-2H3. The van der Waals surface area contributed by atoms with Gasteiger partial charge in [-0.1, -0.05) is 37.6 Å². The number of benzene rings is 2. The van der Waals surface area contributed by atoms with E-state index in [0.717, 1.165) is 5.57 Å². The second-order valence-corrected chi connectivity index (χ2v) is 8.16. The van der Waals surface area contributed by atoms with Crippen LogP contribution in [0.15, 0.2) is 48.3 Å². The number of hydrogen-bond donors (Lipinski definition) is 3. The highest BCUT2D eigenvalue weighted by molar-refractivity contribution is 6.31. The lowest BCUT2D eigenvalue weighted by Crippen LogP contribution is -2.32. The van der Waals surface area contributed by atoms with E-state index >= 15 is 0 Å². The van der Waals surface area contributed by atoms with Crippen LogP contribution in [0.5, 0.6) is 11.5 Å². The second-order valence-electron chi connectivity index (χ2n) is 7.76. The summed E-state index contributed by atoms with van der Waals surface area (Å²) in [5, 5.41) is 6.42. The summed E-state index contributed by atoms with van der Waals surface area (Å²) in [5.41, 5.74) is 6.98. The summed E-state index contributed by atoms with van der Waals surface area (Å²) in [7, 11) is 1.55. The predicted octanol–water partition coefficient (Wildman–Crippen LogP) is 5.13. The minimum absolute atomic E-state index is 0.00971. The van der Waals surface area contributed by atoms with E-state index in [1.807, 2.05) is 19.9 Å². The van der Waals surface area contributed by atoms with Crippen LogP contribution < -0.4 is 25.8 Å². The fourth-order valence-electron chi connectivity index (χ4n) is 3.75. The van der Waals surface area contributed by atoms with Gasteiger partial charge in [-0.05, 0) is 31.0 Å². The summed E-state index contributed by atoms with van der Waals surface area (Å²) in [4.78, 5) is 20.7. The van der Waals surface area contributed by atoms with Gasteiger partial charge < -0.3 is 25.8 Å². The minimum atomic E-state index is -0.568. The van der Waals surface area contributed by atoms with Gasteiger partial charge in [0, 0.05) is 36.5 Å². The van der Waals surface area contributed by atoms with Crippen LogP contribution in [0.3, 0.4) is 0 Å². The molecule has 0 spiro atoms. The van der Waals surface area contributed by atoms with E-state index in [-0.39, 0.29) is 22.7 Å². The molecule has 10 heteroatoms. The zero-order chi connectivity index (χ0) is 26.1. The summed E-state index contributed by atoms with van der Waals surface area (Å²) < 4.78 is 26.2. The zero-order valence-corrected chi connectivity index (χ0v) is 21.4. The van der Waals surface area contributed by atoms with Crippen LogP contribution in [0.1, 0.15) is 33.1 Å². The van der Waals surface area contributed by atoms with Gasteiger partial charge >= 0.3 is 0 Å². The lowest BCUT2D eigenvalue weighted by atomic mass is 9.96. The summed E-state index contributed by atoms with van der Waals surface area (Å²) in [5.74, 6) is 0.769. The molecule has 0 bridgehead atoms. The van der Waals surface area contributed by atoms with Crippen molar-refractivity contribution in [3.8, 4) is 11.5 Å². The molecule has 2 aromatic carbocycles. The number of nitrogens with one attached hydrogen (secondary N) is 2. The molecular formula is C26H31ClFN5O3. The molecule has 1 amide bonds. The average Bonchev–Trinajstić information content (AvgIpc) is 2.91. The molecule has 0 saturated carbocycles. The monoisotopic (exact) mass is 515 g/mol. The Morgan fingerprint density at radius 1 is 1.25 bits per heavy atom. The van der Waals surface area contributed by atoms with E-state index < -0.39 is 5.82 Å². The Morgan fingerprint density at radius 3 is 2.75 bits per heavy atom. The third-order valence-corrected chi connectivity index (χ3v) is 5.80. The lowest BCUT2D eigenvalue weighted by Gasteiger charge is -2.24. The van der Waals surface area contributed by atoms with E-state index in [4.69, 9.17) is 26.8 Å². The summed E-state index contributed by atoms with van der Waals surface area (Å²) >= 11 is 5.91. The number of halogens is 2. The largest absolute Gasteiger partial charge is 0.493 e. The summed E-state index contributed by atoms with van der Waals surface area (Å²) in [6.07, 6.45) is 5.00. The topological polar surface area (TPSA) is 111 Å². The Kier molecular flexibility index (Phi) is 9.84. The van der Waals surface area contributed by atoms with Gasteiger partial charge in [-0.25, -0.2) is 14.4 Å². The number of rotatable bonds is 8. The number of fused-ring (bicyclic) bond motifs is 1. The Labute approximate surface area is 215 Å². The fourth-order valence-corrected chi connectivity index (χ4v) is 3.92. The molecule has 1 unspecified atom stereocenters. The van der Waals surface area contributed by atoms with Gasteiger partial charge in [-0.3, -0.25) is 4.79 Å². The molecule has 1 atom stereocenters. The molecule has 0 fully saturated rings. The number of hydrogen-bond acceptors (Lipinski definition) is 7. The highest BCUT2D eigenvalue weighted by Gasteiger charge is 2.22. The number of aromatic nitrogens is 2. The molecule has 1 heterocycles. The number of nitrogens with two attached hydrogens (primary N) is 1. The van der Waals surface area contributed by atoms with E-state index in [2.05, 4.69) is 20.6 Å². The van der Waals surface area contributed by atoms with Gasteiger partial charge in [-0.15, -0.1) is 0 Å². The molecule has 8 nitrogen and oxygen atoms in total. The number of methoxy groups -OCH3 is 1. The Morgan fingerprint density at radius 2 is 2.06 bits per heavy atom. The SMILES string of the molecule is CC.COc1cc2ncnc(Nc3cccc(Cl)c3F)c2cc1OC1CC=C(C(=O)NCCN)CC1. The van der Waals surface area contributed by atoms with Crippen molar-refractivity contribution in [3.05, 3.63) is 59.1 Å². The van der Waals surface area contributed by atoms with Crippen LogP contribution in [0.2, 0.25) is 5.02 Å². The molecule has 36 heavy (non-hydrogen) atoms. The molecule has 192 valence electrons. The van der Waals surface area contributed by atoms with Crippen LogP contribution in [0, 0.1) is 5.82 Å². The molecule has 0 radical (unpaired) electrons. The van der Waals surface area contributed by atoms with Crippen molar-refractivity contribution >= 4 is 39.9 Å². The first-order valence-corrected chi connectivity index (χ1v) is 12.3. The van der Waals surface area contributed by atoms with Crippen LogP contribution in [-0.2, 0) is 4.79 Å². The number of carbonyl (C=O) groups excluding carboxylic acids is 1. The number of amides is 1. The Hall–Kier alpha value is -3.43. The zero-order valence-electron chi connectivity index (χ0n) is 20.6. The lowest BCUT2D eigenvalue weighted by molar-refractivity contribution is -0.117. The van der Waals surface area contributed by atoms with Gasteiger partial charge in [0.2, 0.25) is 5.91 Å². The third-order valence-electron chi connectivity index (χ3n) is 5.50. The van der Waals surface area contributed by atoms with Gasteiger partial charge in [0.1, 0.15) is 18.2 Å². The van der Waals surface area contributed by atoms with Gasteiger partial charge in [0.05, 0.1) is 23.3 Å². The van der Waals surface area contributed by atoms with E-state index in [9.17, 15) is 9.18 Å². The predicted molar refractivity (Wildman–Crippen MR) is 141 cm³/mol. The fraction of sp³-hybridized carbons (Fsp3) is 0.346. The maximum Gasteiger partial charge on any atom is 0.246 e. The number of anilines is 2. The first kappa shape index (κ1) is 27.2. The molecule has 0 aliphatic heterocycles. The first-order chi connectivity index (χ1) is 17.5. The molecule has 1 aromatic heterocycles. The second kappa shape index (κ2) is 13.0. The number of nitrogens with zero attached hydrogens (tertiary/aromatic N) is 2. The highest BCUT2D eigenvalue weighted by atomic mass is 35.5. The summed E-state index contributed by atoms with van der Waals surface area (Å²) in [6.45, 7) is 4.85. The van der Waals surface area contributed by atoms with Crippen molar-refractivity contribution in [1.29, 1.82) is 0 Å². The van der Waals surface area contributed by atoms with Crippen LogP contribution in [0.4, 0.5) is 15.9 Å². The third kappa shape index (κ3) is 6.41. The van der Waals surface area contributed by atoms with Crippen molar-refractivity contribution in [2.24, 2.45) is 5.73 Å². The van der Waals surface area contributed by atoms with Crippen LogP contribution in [-0.4, -0.2) is 42.2 Å². The van der Waals surface area contributed by atoms with E-state index in [1.54, 1.807) is 31.4 Å². The molecule has 3 aromatic rings. The molecule has 4 N–H and O–H groups in total. The molecule has 1 aliphatic rings. The van der Waals surface area contributed by atoms with Gasteiger partial charge in [0.15, 0.2) is 17.3 Å². The van der Waals surface area contributed by atoms with Crippen LogP contribution >= 0.6 is 11.6 Å². The first-order valence-electron chi connectivity index (χ1n) is 11.9. The number of ether oxygens (including phenoxy) is 2. The Bertz CT molecular complexity index is 1240. The molecule has 1 aliphatic carbocycles. The van der Waals surface area contributed by atoms with Crippen LogP contribution in [0.25, 0.3) is 10.9 Å². The smallest absolute Gasteiger partial charge is 0.246 e. The van der Waals surface area contributed by atoms with Crippen molar-refractivity contribution in [2.45, 2.75) is 39.2 Å². The van der Waals surface area contributed by atoms with E-state index in [0.29, 0.717) is 60.6 Å². The number of carbonyl (C=O) groups is 1. The van der Waals surface area contributed by atoms with E-state index in [1.165, 1.54) is 12.4 Å². The minimum Gasteiger partial charge on any atom is -0.493 e. The van der Waals surface area contributed by atoms with Crippen molar-refractivity contribution in [2.75, 3.05) is 25.5 Å². The molecular weight excluding hydrogens is 485 g/mol.